The van der Waals surface area contributed by atoms with E-state index in [1.54, 1.807) is 7.11 Å². The first kappa shape index (κ1) is 22.0. The molecule has 6 nitrogen and oxygen atoms in total. The van der Waals surface area contributed by atoms with Gasteiger partial charge in [-0.1, -0.05) is 42.5 Å². The molecule has 0 aromatic heterocycles. The zero-order valence-electron chi connectivity index (χ0n) is 17.6. The average molecular weight is 411 g/mol. The van der Waals surface area contributed by atoms with Crippen molar-refractivity contribution in [3.63, 3.8) is 0 Å². The zero-order chi connectivity index (χ0) is 21.2. The Morgan fingerprint density at radius 1 is 0.900 bits per heavy atom. The van der Waals surface area contributed by atoms with Gasteiger partial charge in [0.1, 0.15) is 0 Å². The second-order valence-electron chi connectivity index (χ2n) is 7.33. The van der Waals surface area contributed by atoms with Gasteiger partial charge in [0.2, 0.25) is 11.8 Å². The van der Waals surface area contributed by atoms with Crippen LogP contribution in [0.3, 0.4) is 0 Å². The number of nitrogens with one attached hydrogen (secondary N) is 1. The van der Waals surface area contributed by atoms with Crippen molar-refractivity contribution in [3.8, 4) is 0 Å². The van der Waals surface area contributed by atoms with Gasteiger partial charge in [-0.15, -0.1) is 0 Å². The summed E-state index contributed by atoms with van der Waals surface area (Å²) in [7, 11) is 1.61. The van der Waals surface area contributed by atoms with Crippen LogP contribution in [0.2, 0.25) is 0 Å². The summed E-state index contributed by atoms with van der Waals surface area (Å²) < 4.78 is 10.2. The van der Waals surface area contributed by atoms with Crippen LogP contribution >= 0.6 is 0 Å². The van der Waals surface area contributed by atoms with Crippen molar-refractivity contribution in [2.45, 2.75) is 32.2 Å². The summed E-state index contributed by atoms with van der Waals surface area (Å²) >= 11 is 0. The number of carbonyl (C=O) groups is 2. The zero-order valence-corrected chi connectivity index (χ0v) is 17.6. The van der Waals surface area contributed by atoms with Gasteiger partial charge >= 0.3 is 0 Å². The van der Waals surface area contributed by atoms with Crippen molar-refractivity contribution in [3.05, 3.63) is 65.2 Å². The molecule has 0 saturated heterocycles. The summed E-state index contributed by atoms with van der Waals surface area (Å²) in [4.78, 5) is 26.9. The maximum atomic E-state index is 13.1. The Kier molecular flexibility index (Phi) is 8.41. The number of hydrogen-bond donors (Lipinski definition) is 1. The minimum atomic E-state index is -0.112. The monoisotopic (exact) mass is 410 g/mol. The van der Waals surface area contributed by atoms with E-state index >= 15 is 0 Å². The second kappa shape index (κ2) is 11.5. The molecular weight excluding hydrogens is 380 g/mol. The summed E-state index contributed by atoms with van der Waals surface area (Å²) in [5.74, 6) is -0.102. The molecule has 0 spiro atoms. The lowest BCUT2D eigenvalue weighted by atomic mass is 9.95. The number of anilines is 1. The molecule has 0 fully saturated rings. The SMILES string of the molecule is COCCOCCC(=O)NCCC(=O)N1Cc2ccccc2CCc2ccccc21. The summed E-state index contributed by atoms with van der Waals surface area (Å²) in [6.07, 6.45) is 2.40. The first-order chi connectivity index (χ1) is 14.7. The topological polar surface area (TPSA) is 67.9 Å². The van der Waals surface area contributed by atoms with Gasteiger partial charge in [-0.05, 0) is 35.6 Å². The van der Waals surface area contributed by atoms with E-state index < -0.39 is 0 Å². The predicted octanol–water partition coefficient (Wildman–Crippen LogP) is 2.88. The first-order valence-electron chi connectivity index (χ1n) is 10.5. The van der Waals surface area contributed by atoms with Gasteiger partial charge in [-0.3, -0.25) is 9.59 Å². The molecule has 0 unspecified atom stereocenters. The Hall–Kier alpha value is -2.70. The number of carbonyl (C=O) groups excluding carboxylic acids is 2. The lowest BCUT2D eigenvalue weighted by Crippen LogP contribution is -2.35. The van der Waals surface area contributed by atoms with Gasteiger partial charge < -0.3 is 19.7 Å². The Bertz CT molecular complexity index is 853. The van der Waals surface area contributed by atoms with E-state index in [4.69, 9.17) is 9.47 Å². The minimum Gasteiger partial charge on any atom is -0.382 e. The molecule has 6 heteroatoms. The fraction of sp³-hybridized carbons (Fsp3) is 0.417. The van der Waals surface area contributed by atoms with Crippen molar-refractivity contribution in [2.24, 2.45) is 0 Å². The molecule has 1 aliphatic rings. The van der Waals surface area contributed by atoms with Gasteiger partial charge in [-0.25, -0.2) is 0 Å². The van der Waals surface area contributed by atoms with Gasteiger partial charge in [0.15, 0.2) is 0 Å². The highest BCUT2D eigenvalue weighted by Crippen LogP contribution is 2.28. The molecule has 3 rings (SSSR count). The average Bonchev–Trinajstić information content (AvgIpc) is 2.75. The molecule has 1 N–H and O–H groups in total. The number of ether oxygens (including phenoxy) is 2. The van der Waals surface area contributed by atoms with E-state index in [2.05, 4.69) is 23.5 Å². The number of para-hydroxylation sites is 1. The molecule has 30 heavy (non-hydrogen) atoms. The number of benzene rings is 2. The van der Waals surface area contributed by atoms with Crippen LogP contribution < -0.4 is 10.2 Å². The smallest absolute Gasteiger partial charge is 0.229 e. The van der Waals surface area contributed by atoms with E-state index in [1.807, 2.05) is 35.2 Å². The third-order valence-electron chi connectivity index (χ3n) is 5.26. The Labute approximate surface area is 178 Å². The maximum Gasteiger partial charge on any atom is 0.229 e. The second-order valence-corrected chi connectivity index (χ2v) is 7.33. The normalized spacial score (nSPS) is 13.0. The highest BCUT2D eigenvalue weighted by atomic mass is 16.5. The Balaban J connectivity index is 1.58. The maximum absolute atomic E-state index is 13.1. The number of aryl methyl sites for hydroxylation is 2. The molecule has 1 aliphatic heterocycles. The molecule has 0 aliphatic carbocycles. The largest absolute Gasteiger partial charge is 0.382 e. The van der Waals surface area contributed by atoms with Gasteiger partial charge in [-0.2, -0.15) is 0 Å². The molecular formula is C24H30N2O4. The number of rotatable bonds is 9. The van der Waals surface area contributed by atoms with E-state index in [0.29, 0.717) is 32.9 Å². The highest BCUT2D eigenvalue weighted by Gasteiger charge is 2.22. The summed E-state index contributed by atoms with van der Waals surface area (Å²) in [6.45, 7) is 2.19. The van der Waals surface area contributed by atoms with Crippen LogP contribution in [-0.4, -0.2) is 45.3 Å². The molecule has 2 amide bonds. The van der Waals surface area contributed by atoms with E-state index in [1.165, 1.54) is 16.7 Å². The number of hydrogen-bond acceptors (Lipinski definition) is 4. The molecule has 0 bridgehead atoms. The molecule has 0 saturated carbocycles. The minimum absolute atomic E-state index is 0.01000. The predicted molar refractivity (Wildman–Crippen MR) is 116 cm³/mol. The molecule has 1 heterocycles. The number of amides is 2. The summed E-state index contributed by atoms with van der Waals surface area (Å²) in [5.41, 5.74) is 4.61. The highest BCUT2D eigenvalue weighted by molar-refractivity contribution is 5.94. The summed E-state index contributed by atoms with van der Waals surface area (Å²) in [5, 5.41) is 2.82. The van der Waals surface area contributed by atoms with Crippen LogP contribution in [0.4, 0.5) is 5.69 Å². The Morgan fingerprint density at radius 2 is 1.60 bits per heavy atom. The quantitative estimate of drug-likeness (QED) is 0.646. The lowest BCUT2D eigenvalue weighted by molar-refractivity contribution is -0.122. The molecule has 0 radical (unpaired) electrons. The number of fused-ring (bicyclic) bond motifs is 2. The van der Waals surface area contributed by atoms with E-state index in [0.717, 1.165) is 18.5 Å². The van der Waals surface area contributed by atoms with E-state index in [9.17, 15) is 9.59 Å². The number of nitrogens with zero attached hydrogens (tertiary/aromatic N) is 1. The van der Waals surface area contributed by atoms with Gasteiger partial charge in [0, 0.05) is 32.2 Å². The van der Waals surface area contributed by atoms with Gasteiger partial charge in [0.05, 0.1) is 26.4 Å². The van der Waals surface area contributed by atoms with Crippen LogP contribution in [0, 0.1) is 0 Å². The molecule has 0 atom stereocenters. The number of methoxy groups -OCH3 is 1. The van der Waals surface area contributed by atoms with Crippen molar-refractivity contribution in [1.29, 1.82) is 0 Å². The fourth-order valence-corrected chi connectivity index (χ4v) is 3.63. The summed E-state index contributed by atoms with van der Waals surface area (Å²) in [6, 6.07) is 16.4. The first-order valence-corrected chi connectivity index (χ1v) is 10.5. The van der Waals surface area contributed by atoms with Crippen molar-refractivity contribution < 1.29 is 19.1 Å². The fourth-order valence-electron chi connectivity index (χ4n) is 3.63. The lowest BCUT2D eigenvalue weighted by Gasteiger charge is -2.29. The van der Waals surface area contributed by atoms with Crippen LogP contribution in [0.1, 0.15) is 29.5 Å². The van der Waals surface area contributed by atoms with Gasteiger partial charge in [0.25, 0.3) is 0 Å². The Morgan fingerprint density at radius 3 is 2.40 bits per heavy atom. The van der Waals surface area contributed by atoms with Crippen molar-refractivity contribution >= 4 is 17.5 Å². The standard InChI is InChI=1S/C24H30N2O4/c1-29-16-17-30-15-13-23(27)25-14-12-24(28)26-18-21-8-3-2-6-19(21)10-11-20-7-4-5-9-22(20)26/h2-9H,10-18H2,1H3,(H,25,27). The molecule has 2 aromatic carbocycles. The van der Waals surface area contributed by atoms with Crippen LogP contribution in [0.5, 0.6) is 0 Å². The van der Waals surface area contributed by atoms with Crippen LogP contribution in [0.25, 0.3) is 0 Å². The van der Waals surface area contributed by atoms with E-state index in [-0.39, 0.29) is 24.7 Å². The van der Waals surface area contributed by atoms with Crippen molar-refractivity contribution in [2.75, 3.05) is 38.4 Å². The molecule has 2 aromatic rings. The third-order valence-corrected chi connectivity index (χ3v) is 5.26. The third kappa shape index (κ3) is 6.15. The van der Waals surface area contributed by atoms with Crippen molar-refractivity contribution in [1.82, 2.24) is 5.32 Å². The van der Waals surface area contributed by atoms with Crippen LogP contribution in [-0.2, 0) is 38.4 Å². The van der Waals surface area contributed by atoms with Crippen LogP contribution in [0.15, 0.2) is 48.5 Å². The molecule has 160 valence electrons.